The molecule has 4 N–H and O–H groups in total. The molecule has 0 heterocycles. The van der Waals surface area contributed by atoms with Gasteiger partial charge in [-0.2, -0.15) is 0 Å². The van der Waals surface area contributed by atoms with E-state index < -0.39 is 11.9 Å². The lowest BCUT2D eigenvalue weighted by Gasteiger charge is -2.08. The summed E-state index contributed by atoms with van der Waals surface area (Å²) < 4.78 is 47.7. The van der Waals surface area contributed by atoms with Crippen LogP contribution in [0.2, 0.25) is 0 Å². The number of unbranched alkanes of at least 4 members (excludes halogenated alkanes) is 18. The molecule has 0 amide bonds. The molecule has 0 aliphatic carbocycles. The summed E-state index contributed by atoms with van der Waals surface area (Å²) in [4.78, 5) is 20.5. The Kier molecular flexibility index (Phi) is 65.7. The van der Waals surface area contributed by atoms with Gasteiger partial charge in [0, 0.05) is 12.8 Å². The predicted molar refractivity (Wildman–Crippen MR) is 240 cm³/mol. The second-order valence-electron chi connectivity index (χ2n) is 14.6. The van der Waals surface area contributed by atoms with Gasteiger partial charge in [0.15, 0.2) is 0 Å². The summed E-state index contributed by atoms with van der Waals surface area (Å²) in [6.07, 6.45) is 25.8. The standard InChI is InChI=1S/C20H42O11.2C13H26O2/c21-1-3-23-5-7-25-9-11-27-13-15-29-17-19-31-20-18-30-16-14-28-12-10-26-8-6-24-4-2-22;2*1-2-3-4-5-6-7-8-9-10-11-12-13(14)15/h21-22H,1-20H2;2*2-12H2,1H3,(H,14,15). The maximum absolute atomic E-state index is 10.2. The SMILES string of the molecule is CCCCCCCCCCCCC(=O)O.CCCCCCCCCCCCC(=O)O.OCCOCCOCCOCCOCCOCCOCCOCCOCCOCCO. The van der Waals surface area contributed by atoms with Crippen molar-refractivity contribution in [3.8, 4) is 0 Å². The number of ether oxygens (including phenoxy) is 9. The van der Waals surface area contributed by atoms with Gasteiger partial charge < -0.3 is 63.1 Å². The second kappa shape index (κ2) is 62.8. The van der Waals surface area contributed by atoms with Crippen LogP contribution in [0, 0.1) is 0 Å². The van der Waals surface area contributed by atoms with E-state index in [4.69, 9.17) is 63.1 Å². The Balaban J connectivity index is -0.000000933. The third-order valence-corrected chi connectivity index (χ3v) is 8.94. The van der Waals surface area contributed by atoms with E-state index in [2.05, 4.69) is 13.8 Å². The molecule has 0 rings (SSSR count). The van der Waals surface area contributed by atoms with Gasteiger partial charge in [0.1, 0.15) is 0 Å². The lowest BCUT2D eigenvalue weighted by Crippen LogP contribution is -2.15. The maximum Gasteiger partial charge on any atom is 0.303 e. The van der Waals surface area contributed by atoms with Gasteiger partial charge in [-0.05, 0) is 12.8 Å². The fourth-order valence-corrected chi connectivity index (χ4v) is 5.52. The molecule has 0 unspecified atom stereocenters. The molecular formula is C46H94O15. The van der Waals surface area contributed by atoms with Crippen molar-refractivity contribution in [2.45, 2.75) is 155 Å². The molecular weight excluding hydrogens is 792 g/mol. The Morgan fingerprint density at radius 3 is 0.607 bits per heavy atom. The highest BCUT2D eigenvalue weighted by Gasteiger charge is 1.99. The highest BCUT2D eigenvalue weighted by Crippen LogP contribution is 2.12. The molecule has 0 spiro atoms. The van der Waals surface area contributed by atoms with E-state index in [1.165, 1.54) is 103 Å². The number of aliphatic hydroxyl groups excluding tert-OH is 2. The topological polar surface area (TPSA) is 198 Å². The molecule has 0 aromatic rings. The molecule has 0 atom stereocenters. The van der Waals surface area contributed by atoms with Gasteiger partial charge in [0.2, 0.25) is 0 Å². The summed E-state index contributed by atoms with van der Waals surface area (Å²) >= 11 is 0. The molecule has 0 saturated carbocycles. The van der Waals surface area contributed by atoms with Crippen LogP contribution in [0.4, 0.5) is 0 Å². The van der Waals surface area contributed by atoms with Crippen molar-refractivity contribution >= 4 is 11.9 Å². The van der Waals surface area contributed by atoms with E-state index in [9.17, 15) is 9.59 Å². The van der Waals surface area contributed by atoms with Crippen LogP contribution in [-0.2, 0) is 52.2 Å². The number of aliphatic carboxylic acids is 2. The number of hydrogen-bond donors (Lipinski definition) is 4. The Morgan fingerprint density at radius 2 is 0.443 bits per heavy atom. The van der Waals surface area contributed by atoms with Crippen LogP contribution in [0.1, 0.15) is 155 Å². The Hall–Kier alpha value is -1.50. The van der Waals surface area contributed by atoms with Crippen molar-refractivity contribution in [2.75, 3.05) is 132 Å². The summed E-state index contributed by atoms with van der Waals surface area (Å²) in [6.45, 7) is 13.3. The van der Waals surface area contributed by atoms with Crippen molar-refractivity contribution in [2.24, 2.45) is 0 Å². The smallest absolute Gasteiger partial charge is 0.303 e. The minimum absolute atomic E-state index is 0.0278. The molecule has 0 aromatic heterocycles. The van der Waals surface area contributed by atoms with Gasteiger partial charge in [0.05, 0.1) is 132 Å². The molecule has 0 radical (unpaired) electrons. The first-order chi connectivity index (χ1) is 30.0. The highest BCUT2D eigenvalue weighted by molar-refractivity contribution is 5.66. The first-order valence-electron chi connectivity index (χ1n) is 23.8. The number of carbonyl (C=O) groups is 2. The van der Waals surface area contributed by atoms with Crippen LogP contribution in [0.5, 0.6) is 0 Å². The van der Waals surface area contributed by atoms with Gasteiger partial charge in [-0.3, -0.25) is 9.59 Å². The monoisotopic (exact) mass is 887 g/mol. The van der Waals surface area contributed by atoms with Gasteiger partial charge in [0.25, 0.3) is 0 Å². The lowest BCUT2D eigenvalue weighted by atomic mass is 10.1. The first-order valence-corrected chi connectivity index (χ1v) is 23.8. The Bertz CT molecular complexity index is 732. The second-order valence-corrected chi connectivity index (χ2v) is 14.6. The van der Waals surface area contributed by atoms with E-state index in [-0.39, 0.29) is 13.2 Å². The van der Waals surface area contributed by atoms with Crippen LogP contribution >= 0.6 is 0 Å². The molecule has 368 valence electrons. The van der Waals surface area contributed by atoms with Gasteiger partial charge in [-0.15, -0.1) is 0 Å². The summed E-state index contributed by atoms with van der Waals surface area (Å²) in [5.41, 5.74) is 0. The van der Waals surface area contributed by atoms with E-state index in [1.807, 2.05) is 0 Å². The maximum atomic E-state index is 10.2. The third kappa shape index (κ3) is 73.2. The third-order valence-electron chi connectivity index (χ3n) is 8.94. The molecule has 0 bridgehead atoms. The van der Waals surface area contributed by atoms with E-state index in [0.29, 0.717) is 132 Å². The van der Waals surface area contributed by atoms with Crippen LogP contribution < -0.4 is 0 Å². The van der Waals surface area contributed by atoms with Crippen LogP contribution in [0.25, 0.3) is 0 Å². The summed E-state index contributed by atoms with van der Waals surface area (Å²) in [5, 5.41) is 33.9. The number of hydrogen-bond acceptors (Lipinski definition) is 13. The number of aliphatic hydroxyl groups is 2. The summed E-state index contributed by atoms with van der Waals surface area (Å²) in [6, 6.07) is 0. The van der Waals surface area contributed by atoms with Crippen LogP contribution in [0.15, 0.2) is 0 Å². The zero-order chi connectivity index (χ0) is 45.2. The van der Waals surface area contributed by atoms with E-state index >= 15 is 0 Å². The van der Waals surface area contributed by atoms with Crippen molar-refractivity contribution in [3.05, 3.63) is 0 Å². The zero-order valence-corrected chi connectivity index (χ0v) is 39.0. The zero-order valence-electron chi connectivity index (χ0n) is 39.0. The molecule has 0 aromatic carbocycles. The number of carboxylic acid groups (broad SMARTS) is 2. The van der Waals surface area contributed by atoms with Crippen molar-refractivity contribution in [1.29, 1.82) is 0 Å². The average Bonchev–Trinajstić information content (AvgIpc) is 3.25. The van der Waals surface area contributed by atoms with Gasteiger partial charge in [-0.1, -0.05) is 129 Å². The van der Waals surface area contributed by atoms with Crippen molar-refractivity contribution in [3.63, 3.8) is 0 Å². The predicted octanol–water partition coefficient (Wildman–Crippen LogP) is 7.88. The van der Waals surface area contributed by atoms with Crippen molar-refractivity contribution < 1.29 is 72.6 Å². The molecule has 0 aliphatic rings. The largest absolute Gasteiger partial charge is 0.481 e. The molecule has 15 nitrogen and oxygen atoms in total. The minimum atomic E-state index is -0.658. The minimum Gasteiger partial charge on any atom is -0.481 e. The van der Waals surface area contributed by atoms with E-state index in [1.54, 1.807) is 0 Å². The lowest BCUT2D eigenvalue weighted by molar-refractivity contribution is -0.138. The molecule has 0 fully saturated rings. The van der Waals surface area contributed by atoms with Gasteiger partial charge in [-0.25, -0.2) is 0 Å². The average molecular weight is 887 g/mol. The summed E-state index contributed by atoms with van der Waals surface area (Å²) in [5.74, 6) is -1.32. The fourth-order valence-electron chi connectivity index (χ4n) is 5.52. The molecule has 0 saturated heterocycles. The quantitative estimate of drug-likeness (QED) is 0.0430. The molecule has 0 aliphatic heterocycles. The van der Waals surface area contributed by atoms with Crippen molar-refractivity contribution in [1.82, 2.24) is 0 Å². The van der Waals surface area contributed by atoms with Crippen LogP contribution in [0.3, 0.4) is 0 Å². The Morgan fingerprint density at radius 1 is 0.279 bits per heavy atom. The highest BCUT2D eigenvalue weighted by atomic mass is 16.6. The van der Waals surface area contributed by atoms with E-state index in [0.717, 1.165) is 25.7 Å². The fraction of sp³-hybridized carbons (Fsp3) is 0.957. The summed E-state index contributed by atoms with van der Waals surface area (Å²) in [7, 11) is 0. The first kappa shape index (κ1) is 63.8. The normalized spacial score (nSPS) is 11.0. The number of rotatable bonds is 50. The van der Waals surface area contributed by atoms with Crippen LogP contribution in [-0.4, -0.2) is 165 Å². The molecule has 61 heavy (non-hydrogen) atoms. The Labute approximate surface area is 371 Å². The van der Waals surface area contributed by atoms with Gasteiger partial charge >= 0.3 is 11.9 Å². The number of carboxylic acids is 2. The molecule has 15 heteroatoms.